The Balaban J connectivity index is 1.74. The largest absolute Gasteiger partial charge is 0.497 e. The molecule has 0 fully saturated rings. The van der Waals surface area contributed by atoms with Crippen LogP contribution in [0.5, 0.6) is 5.75 Å². The number of hydrogen-bond donors (Lipinski definition) is 2. The van der Waals surface area contributed by atoms with E-state index in [1.54, 1.807) is 13.2 Å². The number of amides is 1. The number of hydrogen-bond acceptors (Lipinski definition) is 3. The first-order valence-electron chi connectivity index (χ1n) is 6.66. The van der Waals surface area contributed by atoms with E-state index in [0.717, 1.165) is 10.2 Å². The zero-order valence-corrected chi connectivity index (χ0v) is 13.1. The van der Waals surface area contributed by atoms with Crippen molar-refractivity contribution in [2.75, 3.05) is 17.7 Å². The molecular weight excluding hydrogens is 332 g/mol. The summed E-state index contributed by atoms with van der Waals surface area (Å²) in [6.07, 6.45) is 0.698. The number of benzene rings is 2. The first kappa shape index (κ1) is 13.9. The number of carbonyl (C=O) groups excluding carboxylic acids is 1. The summed E-state index contributed by atoms with van der Waals surface area (Å²) in [5.74, 6) is 0.649. The molecule has 1 heterocycles. The predicted molar refractivity (Wildman–Crippen MR) is 86.9 cm³/mol. The molecule has 2 aromatic rings. The Morgan fingerprint density at radius 3 is 2.90 bits per heavy atom. The first-order valence-corrected chi connectivity index (χ1v) is 7.45. The van der Waals surface area contributed by atoms with Gasteiger partial charge >= 0.3 is 0 Å². The van der Waals surface area contributed by atoms with Gasteiger partial charge in [0.15, 0.2) is 0 Å². The molecule has 1 aliphatic heterocycles. The highest BCUT2D eigenvalue weighted by molar-refractivity contribution is 9.10. The Kier molecular flexibility index (Phi) is 3.84. The van der Waals surface area contributed by atoms with E-state index in [4.69, 9.17) is 4.74 Å². The molecule has 1 unspecified atom stereocenters. The zero-order chi connectivity index (χ0) is 14.8. The fourth-order valence-electron chi connectivity index (χ4n) is 2.40. The molecule has 2 N–H and O–H groups in total. The molecule has 0 aliphatic carbocycles. The quantitative estimate of drug-likeness (QED) is 0.894. The maximum Gasteiger partial charge on any atom is 0.247 e. The standard InChI is InChI=1S/C16H15BrN2O2/c1-21-11-6-7-12(17)14(9-11)19-16(20)15-8-10-4-2-3-5-13(10)18-15/h2-7,9,15,18H,8H2,1H3,(H,19,20). The molecule has 0 saturated carbocycles. The molecule has 0 aromatic heterocycles. The van der Waals surface area contributed by atoms with Crippen LogP contribution in [0.25, 0.3) is 0 Å². The van der Waals surface area contributed by atoms with E-state index in [0.29, 0.717) is 17.9 Å². The minimum absolute atomic E-state index is 0.0554. The van der Waals surface area contributed by atoms with Crippen LogP contribution in [0.3, 0.4) is 0 Å². The van der Waals surface area contributed by atoms with Crippen molar-refractivity contribution in [3.63, 3.8) is 0 Å². The minimum atomic E-state index is -0.250. The van der Waals surface area contributed by atoms with Crippen molar-refractivity contribution >= 4 is 33.2 Å². The van der Waals surface area contributed by atoms with Gasteiger partial charge in [0, 0.05) is 22.6 Å². The maximum atomic E-state index is 12.4. The zero-order valence-electron chi connectivity index (χ0n) is 11.5. The van der Waals surface area contributed by atoms with Crippen molar-refractivity contribution < 1.29 is 9.53 Å². The Labute approximate surface area is 131 Å². The van der Waals surface area contributed by atoms with Gasteiger partial charge in [-0.15, -0.1) is 0 Å². The molecular formula is C16H15BrN2O2. The van der Waals surface area contributed by atoms with Crippen LogP contribution in [0.1, 0.15) is 5.56 Å². The fraction of sp³-hybridized carbons (Fsp3) is 0.188. The van der Waals surface area contributed by atoms with Crippen LogP contribution in [0.4, 0.5) is 11.4 Å². The number of anilines is 2. The highest BCUT2D eigenvalue weighted by atomic mass is 79.9. The Morgan fingerprint density at radius 1 is 1.33 bits per heavy atom. The molecule has 1 atom stereocenters. The summed E-state index contributed by atoms with van der Waals surface area (Å²) in [4.78, 5) is 12.4. The third-order valence-corrected chi connectivity index (χ3v) is 4.21. The van der Waals surface area contributed by atoms with Crippen LogP contribution in [-0.4, -0.2) is 19.1 Å². The van der Waals surface area contributed by atoms with Crippen molar-refractivity contribution in [2.24, 2.45) is 0 Å². The lowest BCUT2D eigenvalue weighted by Gasteiger charge is -2.14. The number of para-hydroxylation sites is 1. The number of ether oxygens (including phenoxy) is 1. The summed E-state index contributed by atoms with van der Waals surface area (Å²) < 4.78 is 6.01. The van der Waals surface area contributed by atoms with Crippen LogP contribution in [-0.2, 0) is 11.2 Å². The minimum Gasteiger partial charge on any atom is -0.497 e. The molecule has 1 aliphatic rings. The van der Waals surface area contributed by atoms with E-state index in [9.17, 15) is 4.79 Å². The third kappa shape index (κ3) is 2.88. The summed E-state index contributed by atoms with van der Waals surface area (Å²) in [7, 11) is 1.60. The molecule has 2 aromatic carbocycles. The third-order valence-electron chi connectivity index (χ3n) is 3.52. The highest BCUT2D eigenvalue weighted by Gasteiger charge is 2.26. The fourth-order valence-corrected chi connectivity index (χ4v) is 2.75. The lowest BCUT2D eigenvalue weighted by molar-refractivity contribution is -0.116. The van der Waals surface area contributed by atoms with E-state index in [2.05, 4.69) is 26.6 Å². The molecule has 0 bridgehead atoms. The number of carbonyl (C=O) groups is 1. The molecule has 3 rings (SSSR count). The van der Waals surface area contributed by atoms with Crippen LogP contribution in [0.2, 0.25) is 0 Å². The van der Waals surface area contributed by atoms with Gasteiger partial charge in [-0.2, -0.15) is 0 Å². The van der Waals surface area contributed by atoms with Crippen LogP contribution in [0.15, 0.2) is 46.9 Å². The molecule has 0 saturated heterocycles. The Morgan fingerprint density at radius 2 is 2.14 bits per heavy atom. The van der Waals surface area contributed by atoms with Crippen molar-refractivity contribution in [3.8, 4) is 5.75 Å². The van der Waals surface area contributed by atoms with Crippen molar-refractivity contribution in [2.45, 2.75) is 12.5 Å². The number of methoxy groups -OCH3 is 1. The normalized spacial score (nSPS) is 16.0. The van der Waals surface area contributed by atoms with E-state index >= 15 is 0 Å². The lowest BCUT2D eigenvalue weighted by Crippen LogP contribution is -2.32. The molecule has 4 nitrogen and oxygen atoms in total. The van der Waals surface area contributed by atoms with Gasteiger partial charge in [-0.1, -0.05) is 18.2 Å². The molecule has 1 amide bonds. The average Bonchev–Trinajstić information content (AvgIpc) is 2.93. The molecule has 0 radical (unpaired) electrons. The van der Waals surface area contributed by atoms with E-state index in [-0.39, 0.29) is 11.9 Å². The SMILES string of the molecule is COc1ccc(Br)c(NC(=O)C2Cc3ccccc3N2)c1. The van der Waals surface area contributed by atoms with E-state index in [1.807, 2.05) is 36.4 Å². The predicted octanol–water partition coefficient (Wildman–Crippen LogP) is 3.43. The van der Waals surface area contributed by atoms with Gasteiger partial charge in [0.25, 0.3) is 0 Å². The lowest BCUT2D eigenvalue weighted by atomic mass is 10.1. The van der Waals surface area contributed by atoms with E-state index < -0.39 is 0 Å². The van der Waals surface area contributed by atoms with Gasteiger partial charge in [-0.25, -0.2) is 0 Å². The van der Waals surface area contributed by atoms with Crippen LogP contribution < -0.4 is 15.4 Å². The topological polar surface area (TPSA) is 50.4 Å². The molecule has 5 heteroatoms. The van der Waals surface area contributed by atoms with Crippen LogP contribution >= 0.6 is 15.9 Å². The van der Waals surface area contributed by atoms with Gasteiger partial charge in [0.2, 0.25) is 5.91 Å². The second kappa shape index (κ2) is 5.77. The second-order valence-corrected chi connectivity index (χ2v) is 5.75. The maximum absolute atomic E-state index is 12.4. The summed E-state index contributed by atoms with van der Waals surface area (Å²) >= 11 is 3.43. The number of rotatable bonds is 3. The van der Waals surface area contributed by atoms with Gasteiger partial charge in [-0.05, 0) is 39.7 Å². The first-order chi connectivity index (χ1) is 10.2. The molecule has 108 valence electrons. The van der Waals surface area contributed by atoms with Gasteiger partial charge in [-0.3, -0.25) is 4.79 Å². The Bertz CT molecular complexity index is 663. The smallest absolute Gasteiger partial charge is 0.247 e. The number of halogens is 1. The summed E-state index contributed by atoms with van der Waals surface area (Å²) in [5.41, 5.74) is 2.90. The summed E-state index contributed by atoms with van der Waals surface area (Å²) in [5, 5.41) is 6.18. The van der Waals surface area contributed by atoms with E-state index in [1.165, 1.54) is 5.56 Å². The van der Waals surface area contributed by atoms with Gasteiger partial charge in [0.1, 0.15) is 11.8 Å². The number of nitrogens with one attached hydrogen (secondary N) is 2. The average molecular weight is 347 g/mol. The molecule has 0 spiro atoms. The second-order valence-electron chi connectivity index (χ2n) is 4.89. The number of fused-ring (bicyclic) bond motifs is 1. The van der Waals surface area contributed by atoms with Crippen molar-refractivity contribution in [1.82, 2.24) is 0 Å². The Hall–Kier alpha value is -2.01. The van der Waals surface area contributed by atoms with Gasteiger partial charge in [0.05, 0.1) is 12.8 Å². The van der Waals surface area contributed by atoms with Crippen molar-refractivity contribution in [3.05, 3.63) is 52.5 Å². The van der Waals surface area contributed by atoms with Crippen molar-refractivity contribution in [1.29, 1.82) is 0 Å². The monoisotopic (exact) mass is 346 g/mol. The molecule has 21 heavy (non-hydrogen) atoms. The summed E-state index contributed by atoms with van der Waals surface area (Å²) in [6.45, 7) is 0. The highest BCUT2D eigenvalue weighted by Crippen LogP contribution is 2.29. The van der Waals surface area contributed by atoms with Gasteiger partial charge < -0.3 is 15.4 Å². The van der Waals surface area contributed by atoms with Crippen LogP contribution in [0, 0.1) is 0 Å². The summed E-state index contributed by atoms with van der Waals surface area (Å²) in [6, 6.07) is 13.2.